The highest BCUT2D eigenvalue weighted by Crippen LogP contribution is 2.25. The summed E-state index contributed by atoms with van der Waals surface area (Å²) in [6.45, 7) is 0.257. The predicted octanol–water partition coefficient (Wildman–Crippen LogP) is 0.727. The third-order valence-electron chi connectivity index (χ3n) is 3.07. The Kier molecular flexibility index (Phi) is 3.81. The second-order valence-electron chi connectivity index (χ2n) is 4.30. The van der Waals surface area contributed by atoms with Gasteiger partial charge in [-0.15, -0.1) is 0 Å². The van der Waals surface area contributed by atoms with E-state index in [1.807, 2.05) is 0 Å². The fraction of sp³-hybridized carbons (Fsp3) is 0.545. The van der Waals surface area contributed by atoms with Gasteiger partial charge < -0.3 is 20.3 Å². The Labute approximate surface area is 104 Å². The third-order valence-corrected chi connectivity index (χ3v) is 3.07. The molecule has 2 rings (SSSR count). The van der Waals surface area contributed by atoms with Crippen LogP contribution >= 0.6 is 0 Å². The van der Waals surface area contributed by atoms with Crippen molar-refractivity contribution in [2.45, 2.75) is 31.8 Å². The largest absolute Gasteiger partial charge is 0.481 e. The van der Waals surface area contributed by atoms with E-state index >= 15 is 0 Å². The lowest BCUT2D eigenvalue weighted by Crippen LogP contribution is -2.45. The average Bonchev–Trinajstić information content (AvgIpc) is 2.96. The Morgan fingerprint density at radius 3 is 3.00 bits per heavy atom. The molecule has 1 saturated carbocycles. The van der Waals surface area contributed by atoms with Crippen molar-refractivity contribution in [1.82, 2.24) is 15.8 Å². The molecule has 1 aromatic rings. The number of carboxylic acids is 1. The van der Waals surface area contributed by atoms with Crippen molar-refractivity contribution >= 4 is 12.0 Å². The molecule has 0 radical (unpaired) electrons. The summed E-state index contributed by atoms with van der Waals surface area (Å²) < 4.78 is 4.63. The van der Waals surface area contributed by atoms with Crippen LogP contribution in [0.25, 0.3) is 0 Å². The summed E-state index contributed by atoms with van der Waals surface area (Å²) in [6.07, 6.45) is 3.56. The second-order valence-corrected chi connectivity index (χ2v) is 4.30. The van der Waals surface area contributed by atoms with Crippen molar-refractivity contribution in [2.24, 2.45) is 5.92 Å². The molecule has 0 aromatic carbocycles. The van der Waals surface area contributed by atoms with Crippen LogP contribution in [0.3, 0.4) is 0 Å². The zero-order valence-electron chi connectivity index (χ0n) is 9.76. The lowest BCUT2D eigenvalue weighted by molar-refractivity contribution is -0.142. The maximum Gasteiger partial charge on any atom is 0.315 e. The van der Waals surface area contributed by atoms with Crippen molar-refractivity contribution in [3.05, 3.63) is 18.0 Å². The lowest BCUT2D eigenvalue weighted by atomic mass is 10.0. The number of rotatable bonds is 4. The van der Waals surface area contributed by atoms with E-state index in [1.54, 1.807) is 6.07 Å². The Bertz CT molecular complexity index is 418. The molecule has 0 saturated heterocycles. The van der Waals surface area contributed by atoms with Crippen LogP contribution in [-0.4, -0.2) is 28.3 Å². The van der Waals surface area contributed by atoms with E-state index in [0.29, 0.717) is 18.5 Å². The molecule has 1 aromatic heterocycles. The standard InChI is InChI=1S/C11H15N3O4/c15-10(16)8-2-1-3-9(8)13-11(17)12-6-7-4-5-18-14-7/h4-5,8-9H,1-3,6H2,(H,15,16)(H2,12,13,17). The van der Waals surface area contributed by atoms with E-state index < -0.39 is 11.9 Å². The topological polar surface area (TPSA) is 104 Å². The Hall–Kier alpha value is -2.05. The minimum atomic E-state index is -0.852. The van der Waals surface area contributed by atoms with Crippen LogP contribution in [0.4, 0.5) is 4.79 Å². The molecule has 2 amide bonds. The van der Waals surface area contributed by atoms with Gasteiger partial charge in [0.25, 0.3) is 0 Å². The number of aromatic nitrogens is 1. The van der Waals surface area contributed by atoms with Gasteiger partial charge in [-0.05, 0) is 12.8 Å². The Morgan fingerprint density at radius 2 is 2.33 bits per heavy atom. The summed E-state index contributed by atoms with van der Waals surface area (Å²) in [5.41, 5.74) is 0.617. The number of carboxylic acid groups (broad SMARTS) is 1. The van der Waals surface area contributed by atoms with Gasteiger partial charge in [0.05, 0.1) is 12.5 Å². The molecule has 98 valence electrons. The number of hydrogen-bond donors (Lipinski definition) is 3. The first-order valence-corrected chi connectivity index (χ1v) is 5.83. The maximum absolute atomic E-state index is 11.6. The molecular weight excluding hydrogens is 238 g/mol. The number of aliphatic carboxylic acids is 1. The summed E-state index contributed by atoms with van der Waals surface area (Å²) in [6, 6.07) is 0.978. The molecule has 2 atom stereocenters. The van der Waals surface area contributed by atoms with E-state index in [-0.39, 0.29) is 18.6 Å². The first kappa shape index (κ1) is 12.4. The van der Waals surface area contributed by atoms with Crippen molar-refractivity contribution in [1.29, 1.82) is 0 Å². The number of carbonyl (C=O) groups excluding carboxylic acids is 1. The van der Waals surface area contributed by atoms with Crippen LogP contribution in [0.1, 0.15) is 25.0 Å². The maximum atomic E-state index is 11.6. The van der Waals surface area contributed by atoms with Crippen LogP contribution in [0.5, 0.6) is 0 Å². The van der Waals surface area contributed by atoms with Crippen LogP contribution in [0.15, 0.2) is 16.9 Å². The molecule has 1 fully saturated rings. The van der Waals surface area contributed by atoms with Gasteiger partial charge >= 0.3 is 12.0 Å². The highest BCUT2D eigenvalue weighted by atomic mass is 16.5. The van der Waals surface area contributed by atoms with E-state index in [0.717, 1.165) is 6.42 Å². The van der Waals surface area contributed by atoms with Crippen LogP contribution in [-0.2, 0) is 11.3 Å². The van der Waals surface area contributed by atoms with Gasteiger partial charge in [0, 0.05) is 12.1 Å². The fourth-order valence-electron chi connectivity index (χ4n) is 2.15. The first-order chi connectivity index (χ1) is 8.66. The molecule has 7 heteroatoms. The van der Waals surface area contributed by atoms with Crippen molar-refractivity contribution < 1.29 is 19.2 Å². The molecule has 3 N–H and O–H groups in total. The van der Waals surface area contributed by atoms with Gasteiger partial charge in [-0.2, -0.15) is 0 Å². The van der Waals surface area contributed by atoms with Gasteiger partial charge in [-0.25, -0.2) is 4.79 Å². The first-order valence-electron chi connectivity index (χ1n) is 5.83. The number of urea groups is 1. The van der Waals surface area contributed by atoms with Crippen LogP contribution < -0.4 is 10.6 Å². The molecule has 1 aliphatic carbocycles. The van der Waals surface area contributed by atoms with Gasteiger partial charge in [-0.1, -0.05) is 11.6 Å². The summed E-state index contributed by atoms with van der Waals surface area (Å²) in [5.74, 6) is -1.34. The van der Waals surface area contributed by atoms with Crippen molar-refractivity contribution in [3.63, 3.8) is 0 Å². The molecule has 7 nitrogen and oxygen atoms in total. The predicted molar refractivity (Wildman–Crippen MR) is 60.6 cm³/mol. The van der Waals surface area contributed by atoms with Crippen LogP contribution in [0, 0.1) is 5.92 Å². The SMILES string of the molecule is O=C(NCc1ccon1)NC1CCCC1C(=O)O. The number of carbonyl (C=O) groups is 2. The molecular formula is C11H15N3O4. The minimum absolute atomic E-state index is 0.257. The normalized spacial score (nSPS) is 22.7. The molecule has 0 aliphatic heterocycles. The monoisotopic (exact) mass is 253 g/mol. The Morgan fingerprint density at radius 1 is 1.50 bits per heavy atom. The molecule has 0 spiro atoms. The Balaban J connectivity index is 1.78. The van der Waals surface area contributed by atoms with Gasteiger partial charge in [0.1, 0.15) is 12.0 Å². The van der Waals surface area contributed by atoms with Gasteiger partial charge in [0.2, 0.25) is 0 Å². The van der Waals surface area contributed by atoms with Crippen LogP contribution in [0.2, 0.25) is 0 Å². The highest BCUT2D eigenvalue weighted by Gasteiger charge is 2.33. The zero-order valence-corrected chi connectivity index (χ0v) is 9.76. The fourth-order valence-corrected chi connectivity index (χ4v) is 2.15. The number of nitrogens with one attached hydrogen (secondary N) is 2. The van der Waals surface area contributed by atoms with Crippen molar-refractivity contribution in [3.8, 4) is 0 Å². The summed E-state index contributed by atoms with van der Waals surface area (Å²) in [5, 5.41) is 17.9. The number of amides is 2. The summed E-state index contributed by atoms with van der Waals surface area (Å²) >= 11 is 0. The lowest BCUT2D eigenvalue weighted by Gasteiger charge is -2.17. The molecule has 1 heterocycles. The number of nitrogens with zero attached hydrogens (tertiary/aromatic N) is 1. The highest BCUT2D eigenvalue weighted by molar-refractivity contribution is 5.76. The quantitative estimate of drug-likeness (QED) is 0.733. The molecule has 1 aliphatic rings. The molecule has 2 unspecified atom stereocenters. The average molecular weight is 253 g/mol. The molecule has 0 bridgehead atoms. The van der Waals surface area contributed by atoms with E-state index in [1.165, 1.54) is 6.26 Å². The molecule has 18 heavy (non-hydrogen) atoms. The number of hydrogen-bond acceptors (Lipinski definition) is 4. The summed E-state index contributed by atoms with van der Waals surface area (Å²) in [4.78, 5) is 22.5. The summed E-state index contributed by atoms with van der Waals surface area (Å²) in [7, 11) is 0. The van der Waals surface area contributed by atoms with Crippen molar-refractivity contribution in [2.75, 3.05) is 0 Å². The van der Waals surface area contributed by atoms with E-state index in [4.69, 9.17) is 5.11 Å². The zero-order chi connectivity index (χ0) is 13.0. The minimum Gasteiger partial charge on any atom is -0.481 e. The third kappa shape index (κ3) is 2.99. The van der Waals surface area contributed by atoms with Gasteiger partial charge in [0.15, 0.2) is 0 Å². The smallest absolute Gasteiger partial charge is 0.315 e. The second kappa shape index (κ2) is 5.52. The van der Waals surface area contributed by atoms with Gasteiger partial charge in [-0.3, -0.25) is 4.79 Å². The van der Waals surface area contributed by atoms with E-state index in [9.17, 15) is 9.59 Å². The van der Waals surface area contributed by atoms with E-state index in [2.05, 4.69) is 20.3 Å².